The van der Waals surface area contributed by atoms with Crippen LogP contribution in [-0.4, -0.2) is 14.8 Å². The van der Waals surface area contributed by atoms with Crippen molar-refractivity contribution in [3.8, 4) is 5.75 Å². The third-order valence-corrected chi connectivity index (χ3v) is 9.35. The first-order valence-electron chi connectivity index (χ1n) is 10.4. The zero-order chi connectivity index (χ0) is 20.8. The molecule has 1 saturated heterocycles. The highest BCUT2D eigenvalue weighted by molar-refractivity contribution is 6.59. The van der Waals surface area contributed by atoms with E-state index in [2.05, 4.69) is 6.92 Å². The molecule has 0 spiro atoms. The van der Waals surface area contributed by atoms with Crippen LogP contribution in [0.1, 0.15) is 60.9 Å². The van der Waals surface area contributed by atoms with E-state index in [-0.39, 0.29) is 11.5 Å². The Morgan fingerprint density at radius 2 is 1.66 bits per heavy atom. The van der Waals surface area contributed by atoms with E-state index in [1.165, 1.54) is 61.7 Å². The summed E-state index contributed by atoms with van der Waals surface area (Å²) >= 11 is 0. The van der Waals surface area contributed by atoms with Crippen LogP contribution in [0.4, 0.5) is 13.2 Å². The van der Waals surface area contributed by atoms with Crippen LogP contribution in [0, 0.1) is 17.5 Å². The van der Waals surface area contributed by atoms with Crippen LogP contribution in [0.25, 0.3) is 0 Å². The van der Waals surface area contributed by atoms with E-state index in [0.717, 1.165) is 25.0 Å². The Morgan fingerprint density at radius 3 is 2.24 bits per heavy atom. The molecule has 2 aromatic rings. The van der Waals surface area contributed by atoms with Gasteiger partial charge >= 0.3 is 5.97 Å². The van der Waals surface area contributed by atoms with Gasteiger partial charge in [0.1, 0.15) is 5.82 Å². The average molecular weight is 421 g/mol. The van der Waals surface area contributed by atoms with Crippen molar-refractivity contribution in [2.24, 2.45) is 0 Å². The normalized spacial score (nSPS) is 19.2. The lowest BCUT2D eigenvalue weighted by molar-refractivity contribution is 0.0720. The number of benzene rings is 2. The molecule has 0 radical (unpaired) electrons. The Bertz CT molecular complexity index is 808. The summed E-state index contributed by atoms with van der Waals surface area (Å²) in [6.07, 6.45) is 5.81. The van der Waals surface area contributed by atoms with Gasteiger partial charge in [-0.1, -0.05) is 44.3 Å². The molecule has 0 saturated carbocycles. The maximum atomic E-state index is 14.5. The summed E-state index contributed by atoms with van der Waals surface area (Å²) in [6.45, 7) is 2.21. The number of ether oxygens (including phenoxy) is 1. The van der Waals surface area contributed by atoms with E-state index in [9.17, 15) is 18.0 Å². The Hall–Kier alpha value is -2.08. The van der Waals surface area contributed by atoms with Gasteiger partial charge < -0.3 is 4.74 Å². The van der Waals surface area contributed by atoms with Crippen LogP contribution in [0.5, 0.6) is 5.75 Å². The average Bonchev–Trinajstić information content (AvgIpc) is 2.71. The van der Waals surface area contributed by atoms with Gasteiger partial charge in [0.25, 0.3) is 0 Å². The molecule has 2 aromatic carbocycles. The zero-order valence-corrected chi connectivity index (χ0v) is 17.9. The second-order valence-electron chi connectivity index (χ2n) is 7.92. The van der Waals surface area contributed by atoms with E-state index < -0.39 is 38.0 Å². The molecule has 2 nitrogen and oxygen atoms in total. The topological polar surface area (TPSA) is 26.3 Å². The highest BCUT2D eigenvalue weighted by atomic mass is 28.3. The maximum Gasteiger partial charge on any atom is 0.343 e. The molecule has 0 unspecified atom stereocenters. The van der Waals surface area contributed by atoms with Crippen LogP contribution >= 0.6 is 0 Å². The number of carbonyl (C=O) groups is 1. The fourth-order valence-electron chi connectivity index (χ4n) is 4.12. The number of hydrogen-bond acceptors (Lipinski definition) is 2. The second-order valence-corrected chi connectivity index (χ2v) is 11.4. The lowest BCUT2D eigenvalue weighted by Crippen LogP contribution is -2.20. The number of esters is 1. The van der Waals surface area contributed by atoms with Gasteiger partial charge in [-0.2, -0.15) is 0 Å². The van der Waals surface area contributed by atoms with Gasteiger partial charge in [-0.25, -0.2) is 18.0 Å². The lowest BCUT2D eigenvalue weighted by atomic mass is 9.93. The molecule has 0 atom stereocenters. The molecule has 156 valence electrons. The Kier molecular flexibility index (Phi) is 7.53. The molecule has 3 rings (SSSR count). The smallest absolute Gasteiger partial charge is 0.343 e. The first-order chi connectivity index (χ1) is 14.0. The van der Waals surface area contributed by atoms with Gasteiger partial charge in [-0.3, -0.25) is 0 Å². The molecule has 1 fully saturated rings. The Morgan fingerprint density at radius 1 is 1.03 bits per heavy atom. The minimum Gasteiger partial charge on any atom is -0.417 e. The molecule has 0 aromatic heterocycles. The van der Waals surface area contributed by atoms with E-state index >= 15 is 0 Å². The lowest BCUT2D eigenvalue weighted by Gasteiger charge is -2.28. The maximum absolute atomic E-state index is 14.5. The van der Waals surface area contributed by atoms with E-state index in [1.54, 1.807) is 0 Å². The fourth-order valence-corrected chi connectivity index (χ4v) is 7.60. The number of hydrogen-bond donors (Lipinski definition) is 0. The van der Waals surface area contributed by atoms with Crippen molar-refractivity contribution in [1.82, 2.24) is 0 Å². The van der Waals surface area contributed by atoms with Crippen molar-refractivity contribution in [2.75, 3.05) is 0 Å². The molecule has 6 heteroatoms. The number of halogens is 3. The van der Waals surface area contributed by atoms with Crippen molar-refractivity contribution in [2.45, 2.75) is 63.1 Å². The molecule has 0 aliphatic carbocycles. The van der Waals surface area contributed by atoms with Gasteiger partial charge in [0.05, 0.1) is 5.56 Å². The highest BCUT2D eigenvalue weighted by Gasteiger charge is 2.26. The van der Waals surface area contributed by atoms with E-state index in [1.807, 2.05) is 0 Å². The second kappa shape index (κ2) is 10.1. The quantitative estimate of drug-likeness (QED) is 0.218. The summed E-state index contributed by atoms with van der Waals surface area (Å²) in [4.78, 5) is 12.1. The standard InChI is InChI=1S/C23H27F3O2Si/c1-2-3-4-11-29-12-9-16(10-13-29)18-14-20(25)22(21(26)15-18)28-23(27)17-5-7-19(24)8-6-17/h5-8,14-16,29H,2-4,9-13H2,1H3/t16-,29-. The minimum absolute atomic E-state index is 0.0284. The Labute approximate surface area is 171 Å². The van der Waals surface area contributed by atoms with Crippen LogP contribution in [0.2, 0.25) is 18.1 Å². The highest BCUT2D eigenvalue weighted by Crippen LogP contribution is 2.37. The summed E-state index contributed by atoms with van der Waals surface area (Å²) in [6, 6.07) is 11.0. The number of unbranched alkanes of at least 4 members (excludes halogenated alkanes) is 2. The summed E-state index contributed by atoms with van der Waals surface area (Å²) < 4.78 is 46.9. The largest absolute Gasteiger partial charge is 0.417 e. The van der Waals surface area contributed by atoms with Gasteiger partial charge in [-0.15, -0.1) is 0 Å². The van der Waals surface area contributed by atoms with Crippen LogP contribution in [-0.2, 0) is 0 Å². The predicted molar refractivity (Wildman–Crippen MR) is 111 cm³/mol. The van der Waals surface area contributed by atoms with Gasteiger partial charge in [0.2, 0.25) is 5.75 Å². The summed E-state index contributed by atoms with van der Waals surface area (Å²) in [5.41, 5.74) is 0.670. The van der Waals surface area contributed by atoms with Gasteiger partial charge in [0.15, 0.2) is 11.6 Å². The molecule has 1 heterocycles. The fraction of sp³-hybridized carbons (Fsp3) is 0.435. The van der Waals surface area contributed by atoms with E-state index in [4.69, 9.17) is 4.74 Å². The molecule has 29 heavy (non-hydrogen) atoms. The molecular formula is C23H27F3O2Si. The summed E-state index contributed by atoms with van der Waals surface area (Å²) in [7, 11) is -0.696. The Balaban J connectivity index is 1.64. The van der Waals surface area contributed by atoms with Gasteiger partial charge in [0, 0.05) is 8.80 Å². The molecule has 1 aliphatic rings. The third-order valence-electron chi connectivity index (χ3n) is 5.83. The number of carbonyl (C=O) groups excluding carboxylic acids is 1. The van der Waals surface area contributed by atoms with Crippen molar-refractivity contribution >= 4 is 14.8 Å². The van der Waals surface area contributed by atoms with Crippen molar-refractivity contribution < 1.29 is 22.7 Å². The molecular weight excluding hydrogens is 393 g/mol. The molecule has 0 N–H and O–H groups in total. The molecule has 0 bridgehead atoms. The SMILES string of the molecule is CCCCC[Si@H]1CC[C@H](c2cc(F)c(OC(=O)c3ccc(F)cc3)c(F)c2)CC1. The summed E-state index contributed by atoms with van der Waals surface area (Å²) in [5, 5.41) is 0. The first-order valence-corrected chi connectivity index (χ1v) is 12.9. The predicted octanol–water partition coefficient (Wildman–Crippen LogP) is 6.62. The zero-order valence-electron chi connectivity index (χ0n) is 16.7. The van der Waals surface area contributed by atoms with Crippen LogP contribution in [0.3, 0.4) is 0 Å². The molecule has 1 aliphatic heterocycles. The van der Waals surface area contributed by atoms with Gasteiger partial charge in [-0.05, 0) is 60.7 Å². The first kappa shape index (κ1) is 21.6. The monoisotopic (exact) mass is 420 g/mol. The third kappa shape index (κ3) is 5.72. The van der Waals surface area contributed by atoms with Crippen LogP contribution in [0.15, 0.2) is 36.4 Å². The molecule has 0 amide bonds. The van der Waals surface area contributed by atoms with Crippen LogP contribution < -0.4 is 4.74 Å². The van der Waals surface area contributed by atoms with Crippen molar-refractivity contribution in [1.29, 1.82) is 0 Å². The summed E-state index contributed by atoms with van der Waals surface area (Å²) in [5.74, 6) is -3.72. The van der Waals surface area contributed by atoms with Crippen molar-refractivity contribution in [3.63, 3.8) is 0 Å². The minimum atomic E-state index is -0.922. The van der Waals surface area contributed by atoms with Crippen molar-refractivity contribution in [3.05, 3.63) is 65.0 Å². The number of rotatable bonds is 7. The van der Waals surface area contributed by atoms with E-state index in [0.29, 0.717) is 5.56 Å².